The predicted octanol–water partition coefficient (Wildman–Crippen LogP) is 3.65. The summed E-state index contributed by atoms with van der Waals surface area (Å²) in [4.78, 5) is 0. The molecule has 0 aliphatic carbocycles. The molecule has 102 valence electrons. The van der Waals surface area contributed by atoms with E-state index < -0.39 is 0 Å². The molecule has 0 fully saturated rings. The van der Waals surface area contributed by atoms with Gasteiger partial charge in [-0.15, -0.1) is 0 Å². The van der Waals surface area contributed by atoms with E-state index in [1.165, 1.54) is 33.3 Å². The van der Waals surface area contributed by atoms with Crippen LogP contribution in [0.4, 0.5) is 0 Å². The maximum Gasteiger partial charge on any atom is 0.0483 e. The van der Waals surface area contributed by atoms with Gasteiger partial charge in [0.15, 0.2) is 0 Å². The normalized spacial score (nSPS) is 11.2. The smallest absolute Gasteiger partial charge is 0.0483 e. The van der Waals surface area contributed by atoms with Gasteiger partial charge in [-0.2, -0.15) is 0 Å². The minimum Gasteiger partial charge on any atom is -0.348 e. The molecule has 3 rings (SSSR count). The number of nitrogens with zero attached hydrogens (tertiary/aromatic N) is 1. The Morgan fingerprint density at radius 2 is 1.75 bits per heavy atom. The first-order valence-corrected chi connectivity index (χ1v) is 7.05. The van der Waals surface area contributed by atoms with Gasteiger partial charge in [0, 0.05) is 23.6 Å². The summed E-state index contributed by atoms with van der Waals surface area (Å²) in [5, 5.41) is 1.33. The van der Waals surface area contributed by atoms with Crippen LogP contribution in [-0.4, -0.2) is 11.1 Å². The van der Waals surface area contributed by atoms with Crippen LogP contribution in [0.2, 0.25) is 0 Å². The highest BCUT2D eigenvalue weighted by Gasteiger charge is 2.12. The van der Waals surface area contributed by atoms with Gasteiger partial charge in [-0.25, -0.2) is 0 Å². The van der Waals surface area contributed by atoms with Crippen molar-refractivity contribution in [1.82, 2.24) is 4.57 Å². The van der Waals surface area contributed by atoms with E-state index in [4.69, 9.17) is 5.73 Å². The fraction of sp³-hybridized carbons (Fsp3) is 0.222. The van der Waals surface area contributed by atoms with E-state index >= 15 is 0 Å². The lowest BCUT2D eigenvalue weighted by Gasteiger charge is -2.03. The van der Waals surface area contributed by atoms with Crippen molar-refractivity contribution in [2.75, 3.05) is 6.54 Å². The number of aryl methyl sites for hydroxylation is 1. The van der Waals surface area contributed by atoms with Gasteiger partial charge in [0.2, 0.25) is 0 Å². The first-order chi connectivity index (χ1) is 9.72. The molecule has 0 radical (unpaired) electrons. The average Bonchev–Trinajstić information content (AvgIpc) is 2.73. The summed E-state index contributed by atoms with van der Waals surface area (Å²) in [7, 11) is 2.12. The van der Waals surface area contributed by atoms with Crippen LogP contribution < -0.4 is 5.73 Å². The van der Waals surface area contributed by atoms with E-state index in [-0.39, 0.29) is 0 Å². The number of hydrogen-bond acceptors (Lipinski definition) is 1. The van der Waals surface area contributed by atoms with Gasteiger partial charge in [-0.3, -0.25) is 0 Å². The fourth-order valence-corrected chi connectivity index (χ4v) is 2.92. The van der Waals surface area contributed by atoms with Crippen molar-refractivity contribution in [3.05, 3.63) is 59.8 Å². The molecule has 2 heteroatoms. The largest absolute Gasteiger partial charge is 0.348 e. The van der Waals surface area contributed by atoms with Crippen molar-refractivity contribution in [2.24, 2.45) is 12.8 Å². The second kappa shape index (κ2) is 5.14. The molecule has 0 aliphatic rings. The molecule has 0 spiro atoms. The van der Waals surface area contributed by atoms with Gasteiger partial charge >= 0.3 is 0 Å². The first-order valence-electron chi connectivity index (χ1n) is 7.05. The number of benzene rings is 2. The monoisotopic (exact) mass is 264 g/mol. The zero-order chi connectivity index (χ0) is 14.1. The summed E-state index contributed by atoms with van der Waals surface area (Å²) in [6, 6.07) is 17.2. The molecule has 0 aliphatic heterocycles. The summed E-state index contributed by atoms with van der Waals surface area (Å²) >= 11 is 0. The molecule has 0 unspecified atom stereocenters. The Morgan fingerprint density at radius 1 is 1.00 bits per heavy atom. The molecule has 2 nitrogen and oxygen atoms in total. The second-order valence-corrected chi connectivity index (χ2v) is 5.26. The molecule has 20 heavy (non-hydrogen) atoms. The van der Waals surface area contributed by atoms with Crippen molar-refractivity contribution in [2.45, 2.75) is 13.3 Å². The Morgan fingerprint density at radius 3 is 2.45 bits per heavy atom. The molecule has 2 N–H and O–H groups in total. The van der Waals surface area contributed by atoms with Crippen molar-refractivity contribution in [3.63, 3.8) is 0 Å². The van der Waals surface area contributed by atoms with Gasteiger partial charge in [-0.1, -0.05) is 36.4 Å². The van der Waals surface area contributed by atoms with Crippen molar-refractivity contribution >= 4 is 10.9 Å². The van der Waals surface area contributed by atoms with Crippen LogP contribution in [0.1, 0.15) is 11.3 Å². The van der Waals surface area contributed by atoms with Crippen LogP contribution >= 0.6 is 0 Å². The number of fused-ring (bicyclic) bond motifs is 1. The van der Waals surface area contributed by atoms with Crippen LogP contribution in [-0.2, 0) is 13.5 Å². The zero-order valence-electron chi connectivity index (χ0n) is 12.1. The zero-order valence-corrected chi connectivity index (χ0v) is 12.1. The summed E-state index contributed by atoms with van der Waals surface area (Å²) in [5.74, 6) is 0. The molecule has 0 atom stereocenters. The lowest BCUT2D eigenvalue weighted by molar-refractivity contribution is 0.882. The fourth-order valence-electron chi connectivity index (χ4n) is 2.92. The Hall–Kier alpha value is -2.06. The van der Waals surface area contributed by atoms with E-state index in [0.717, 1.165) is 6.42 Å². The standard InChI is InChI=1S/C18H20N2/c1-13-16(10-11-19)17-12-15(8-9-18(17)20(13)2)14-6-4-3-5-7-14/h3-9,12H,10-11,19H2,1-2H3. The Balaban J connectivity index is 2.22. The molecule has 3 aromatic rings. The molecule has 0 bridgehead atoms. The number of nitrogens with two attached hydrogens (primary N) is 1. The summed E-state index contributed by atoms with van der Waals surface area (Å²) in [6.45, 7) is 2.86. The SMILES string of the molecule is Cc1c(CCN)c2cc(-c3ccccc3)ccc2n1C. The number of aromatic nitrogens is 1. The number of hydrogen-bond donors (Lipinski definition) is 1. The van der Waals surface area contributed by atoms with Gasteiger partial charge in [-0.05, 0) is 48.7 Å². The third-order valence-electron chi connectivity index (χ3n) is 4.12. The highest BCUT2D eigenvalue weighted by molar-refractivity contribution is 5.89. The van der Waals surface area contributed by atoms with Crippen LogP contribution in [0.25, 0.3) is 22.0 Å². The lowest BCUT2D eigenvalue weighted by atomic mass is 10.0. The molecule has 1 aromatic heterocycles. The molecular weight excluding hydrogens is 244 g/mol. The summed E-state index contributed by atoms with van der Waals surface area (Å²) in [5.41, 5.74) is 12.3. The first kappa shape index (κ1) is 12.9. The minimum atomic E-state index is 0.690. The Labute approximate surface area is 119 Å². The van der Waals surface area contributed by atoms with Gasteiger partial charge in [0.05, 0.1) is 0 Å². The van der Waals surface area contributed by atoms with E-state index in [9.17, 15) is 0 Å². The highest BCUT2D eigenvalue weighted by Crippen LogP contribution is 2.30. The Bertz CT molecular complexity index is 739. The van der Waals surface area contributed by atoms with Crippen molar-refractivity contribution < 1.29 is 0 Å². The predicted molar refractivity (Wildman–Crippen MR) is 85.9 cm³/mol. The molecule has 0 saturated carbocycles. The third kappa shape index (κ3) is 2.02. The van der Waals surface area contributed by atoms with Crippen molar-refractivity contribution in [3.8, 4) is 11.1 Å². The summed E-state index contributed by atoms with van der Waals surface area (Å²) < 4.78 is 2.26. The topological polar surface area (TPSA) is 30.9 Å². The molecule has 1 heterocycles. The van der Waals surface area contributed by atoms with Gasteiger partial charge in [0.25, 0.3) is 0 Å². The summed E-state index contributed by atoms with van der Waals surface area (Å²) in [6.07, 6.45) is 0.932. The molecule has 2 aromatic carbocycles. The molecule has 0 saturated heterocycles. The van der Waals surface area contributed by atoms with Crippen LogP contribution in [0, 0.1) is 6.92 Å². The van der Waals surface area contributed by atoms with E-state index in [0.29, 0.717) is 6.54 Å². The van der Waals surface area contributed by atoms with Gasteiger partial charge in [0.1, 0.15) is 0 Å². The van der Waals surface area contributed by atoms with Crippen molar-refractivity contribution in [1.29, 1.82) is 0 Å². The minimum absolute atomic E-state index is 0.690. The van der Waals surface area contributed by atoms with Crippen LogP contribution in [0.5, 0.6) is 0 Å². The third-order valence-corrected chi connectivity index (χ3v) is 4.12. The van der Waals surface area contributed by atoms with Gasteiger partial charge < -0.3 is 10.3 Å². The van der Waals surface area contributed by atoms with Crippen LogP contribution in [0.15, 0.2) is 48.5 Å². The van der Waals surface area contributed by atoms with Crippen LogP contribution in [0.3, 0.4) is 0 Å². The molecule has 0 amide bonds. The van der Waals surface area contributed by atoms with E-state index in [1.54, 1.807) is 0 Å². The Kier molecular flexibility index (Phi) is 3.33. The highest BCUT2D eigenvalue weighted by atomic mass is 14.9. The van der Waals surface area contributed by atoms with E-state index in [2.05, 4.69) is 67.1 Å². The number of rotatable bonds is 3. The lowest BCUT2D eigenvalue weighted by Crippen LogP contribution is -2.04. The second-order valence-electron chi connectivity index (χ2n) is 5.26. The molecular formula is C18H20N2. The van der Waals surface area contributed by atoms with E-state index in [1.807, 2.05) is 0 Å². The average molecular weight is 264 g/mol. The quantitative estimate of drug-likeness (QED) is 0.769. The maximum atomic E-state index is 5.77. The maximum absolute atomic E-state index is 5.77.